The van der Waals surface area contributed by atoms with Crippen LogP contribution in [0, 0.1) is 12.7 Å². The Morgan fingerprint density at radius 3 is 2.48 bits per heavy atom. The number of carbonyl (C=O) groups is 1. The molecule has 2 aromatic rings. The van der Waals surface area contributed by atoms with E-state index in [9.17, 15) is 17.6 Å². The summed E-state index contributed by atoms with van der Waals surface area (Å²) in [5, 5.41) is 3.04. The summed E-state index contributed by atoms with van der Waals surface area (Å²) in [6.07, 6.45) is 1.84. The number of nitrogens with one attached hydrogen (secondary N) is 1. The third kappa shape index (κ3) is 5.18. The molecule has 2 unspecified atom stereocenters. The van der Waals surface area contributed by atoms with Gasteiger partial charge in [0.25, 0.3) is 0 Å². The number of halogens is 1. The van der Waals surface area contributed by atoms with Gasteiger partial charge in [-0.05, 0) is 57.5 Å². The van der Waals surface area contributed by atoms with E-state index in [1.54, 1.807) is 6.92 Å². The topological polar surface area (TPSA) is 75.7 Å². The van der Waals surface area contributed by atoms with Gasteiger partial charge in [-0.1, -0.05) is 24.6 Å². The number of fused-ring (bicyclic) bond motifs is 1. The lowest BCUT2D eigenvalue weighted by atomic mass is 9.88. The third-order valence-corrected chi connectivity index (χ3v) is 6.53. The number of hydrogen-bond donors (Lipinski definition) is 1. The van der Waals surface area contributed by atoms with E-state index in [0.717, 1.165) is 21.7 Å². The van der Waals surface area contributed by atoms with Crippen LogP contribution in [0.25, 0.3) is 0 Å². The van der Waals surface area contributed by atoms with Crippen LogP contribution in [0.3, 0.4) is 0 Å². The number of sulfonamides is 1. The van der Waals surface area contributed by atoms with Gasteiger partial charge in [0.05, 0.1) is 18.0 Å². The summed E-state index contributed by atoms with van der Waals surface area (Å²) in [6.45, 7) is 7.62. The van der Waals surface area contributed by atoms with Gasteiger partial charge in [0.15, 0.2) is 0 Å². The zero-order valence-corrected chi connectivity index (χ0v) is 19.3. The van der Waals surface area contributed by atoms with Crippen molar-refractivity contribution in [1.29, 1.82) is 0 Å². The Morgan fingerprint density at radius 1 is 1.26 bits per heavy atom. The molecule has 0 aromatic heterocycles. The average molecular weight is 449 g/mol. The summed E-state index contributed by atoms with van der Waals surface area (Å²) in [5.74, 6) is -0.183. The Morgan fingerprint density at radius 2 is 1.90 bits per heavy atom. The molecule has 8 heteroatoms. The summed E-state index contributed by atoms with van der Waals surface area (Å²) < 4.78 is 45.7. The van der Waals surface area contributed by atoms with Crippen LogP contribution in [0.4, 0.5) is 10.1 Å². The van der Waals surface area contributed by atoms with E-state index >= 15 is 0 Å². The number of hydrogen-bond acceptors (Lipinski definition) is 4. The SMILES string of the molecule is CCC(C(=O)NC1CC(C)(C)Oc2ccc(C)cc21)N(c1ccc(F)cc1)S(C)(=O)=O. The number of amides is 1. The second-order valence-electron chi connectivity index (χ2n) is 8.63. The van der Waals surface area contributed by atoms with Crippen LogP contribution in [0.1, 0.15) is 50.8 Å². The van der Waals surface area contributed by atoms with Crippen molar-refractivity contribution >= 4 is 21.6 Å². The van der Waals surface area contributed by atoms with Gasteiger partial charge < -0.3 is 10.1 Å². The van der Waals surface area contributed by atoms with Crippen molar-refractivity contribution in [3.63, 3.8) is 0 Å². The van der Waals surface area contributed by atoms with Gasteiger partial charge >= 0.3 is 0 Å². The number of aryl methyl sites for hydroxylation is 1. The van der Waals surface area contributed by atoms with Gasteiger partial charge in [-0.2, -0.15) is 0 Å². The van der Waals surface area contributed by atoms with Gasteiger partial charge in [-0.15, -0.1) is 0 Å². The second-order valence-corrected chi connectivity index (χ2v) is 10.5. The van der Waals surface area contributed by atoms with E-state index < -0.39 is 33.4 Å². The van der Waals surface area contributed by atoms with Crippen LogP contribution in [0.15, 0.2) is 42.5 Å². The Kier molecular flexibility index (Phi) is 6.32. The highest BCUT2D eigenvalue weighted by molar-refractivity contribution is 7.92. The first-order valence-corrected chi connectivity index (χ1v) is 12.1. The molecule has 0 bridgehead atoms. The molecule has 1 aliphatic heterocycles. The predicted octanol–water partition coefficient (Wildman–Crippen LogP) is 4.10. The van der Waals surface area contributed by atoms with E-state index in [1.165, 1.54) is 24.3 Å². The molecule has 0 saturated heterocycles. The second kappa shape index (κ2) is 8.49. The molecule has 1 aliphatic rings. The van der Waals surface area contributed by atoms with Crippen molar-refractivity contribution in [2.75, 3.05) is 10.6 Å². The zero-order valence-electron chi connectivity index (χ0n) is 18.5. The predicted molar refractivity (Wildman–Crippen MR) is 119 cm³/mol. The van der Waals surface area contributed by atoms with Gasteiger partial charge in [0.1, 0.15) is 23.2 Å². The molecule has 0 radical (unpaired) electrons. The molecule has 168 valence electrons. The first-order valence-electron chi connectivity index (χ1n) is 10.3. The lowest BCUT2D eigenvalue weighted by molar-refractivity contribution is -0.123. The molecule has 31 heavy (non-hydrogen) atoms. The smallest absolute Gasteiger partial charge is 0.244 e. The molecule has 0 aliphatic carbocycles. The Hall–Kier alpha value is -2.61. The highest BCUT2D eigenvalue weighted by Crippen LogP contribution is 2.40. The molecule has 0 saturated carbocycles. The van der Waals surface area contributed by atoms with Crippen LogP contribution >= 0.6 is 0 Å². The first kappa shape index (κ1) is 23.1. The maximum Gasteiger partial charge on any atom is 0.244 e. The Labute approximate surface area is 183 Å². The number of nitrogens with zero attached hydrogens (tertiary/aromatic N) is 1. The Balaban J connectivity index is 1.95. The number of ether oxygens (including phenoxy) is 1. The number of benzene rings is 2. The summed E-state index contributed by atoms with van der Waals surface area (Å²) in [6, 6.07) is 9.61. The highest BCUT2D eigenvalue weighted by atomic mass is 32.2. The molecule has 3 rings (SSSR count). The summed E-state index contributed by atoms with van der Waals surface area (Å²) in [7, 11) is -3.79. The molecule has 1 heterocycles. The summed E-state index contributed by atoms with van der Waals surface area (Å²) in [5.41, 5.74) is 1.66. The molecular formula is C23H29FN2O4S. The molecule has 1 amide bonds. The van der Waals surface area contributed by atoms with Gasteiger partial charge in [-0.3, -0.25) is 9.10 Å². The van der Waals surface area contributed by atoms with Gasteiger partial charge in [0, 0.05) is 12.0 Å². The van der Waals surface area contributed by atoms with Crippen molar-refractivity contribution in [2.24, 2.45) is 0 Å². The van der Waals surface area contributed by atoms with Crippen molar-refractivity contribution in [2.45, 2.75) is 58.2 Å². The lowest BCUT2D eigenvalue weighted by Gasteiger charge is -2.39. The normalized spacial score (nSPS) is 18.5. The van der Waals surface area contributed by atoms with E-state index in [4.69, 9.17) is 4.74 Å². The molecule has 0 fully saturated rings. The standard InChI is InChI=1S/C23H29FN2O4S/c1-6-20(26(31(5,28)29)17-10-8-16(24)9-11-17)22(27)25-19-14-23(3,4)30-21-12-7-15(2)13-18(19)21/h7-13,19-20H,6,14H2,1-5H3,(H,25,27). The van der Waals surface area contributed by atoms with Gasteiger partial charge in [0.2, 0.25) is 15.9 Å². The van der Waals surface area contributed by atoms with Crippen molar-refractivity contribution in [1.82, 2.24) is 5.32 Å². The van der Waals surface area contributed by atoms with Crippen LogP contribution in [-0.2, 0) is 14.8 Å². The van der Waals surface area contributed by atoms with E-state index in [-0.39, 0.29) is 18.2 Å². The van der Waals surface area contributed by atoms with E-state index in [0.29, 0.717) is 12.2 Å². The third-order valence-electron chi connectivity index (χ3n) is 5.35. The first-order chi connectivity index (χ1) is 14.4. The summed E-state index contributed by atoms with van der Waals surface area (Å²) >= 11 is 0. The largest absolute Gasteiger partial charge is 0.487 e. The van der Waals surface area contributed by atoms with Gasteiger partial charge in [-0.25, -0.2) is 12.8 Å². The Bertz CT molecular complexity index is 1070. The van der Waals surface area contributed by atoms with Crippen molar-refractivity contribution in [3.8, 4) is 5.75 Å². The zero-order chi connectivity index (χ0) is 23.0. The maximum absolute atomic E-state index is 13.4. The van der Waals surface area contributed by atoms with Crippen molar-refractivity contribution in [3.05, 3.63) is 59.4 Å². The number of anilines is 1. The van der Waals surface area contributed by atoms with Crippen molar-refractivity contribution < 1.29 is 22.3 Å². The monoisotopic (exact) mass is 448 g/mol. The fourth-order valence-electron chi connectivity index (χ4n) is 4.02. The van der Waals surface area contributed by atoms with Crippen LogP contribution < -0.4 is 14.4 Å². The molecule has 2 atom stereocenters. The maximum atomic E-state index is 13.4. The number of rotatable bonds is 6. The van der Waals surface area contributed by atoms with E-state index in [1.807, 2.05) is 39.0 Å². The quantitative estimate of drug-likeness (QED) is 0.722. The van der Waals surface area contributed by atoms with Crippen LogP contribution in [0.2, 0.25) is 0 Å². The highest BCUT2D eigenvalue weighted by Gasteiger charge is 2.37. The minimum Gasteiger partial charge on any atom is -0.487 e. The lowest BCUT2D eigenvalue weighted by Crippen LogP contribution is -2.51. The molecule has 6 nitrogen and oxygen atoms in total. The minimum atomic E-state index is -3.79. The molecule has 1 N–H and O–H groups in total. The fourth-order valence-corrected chi connectivity index (χ4v) is 5.23. The fraction of sp³-hybridized carbons (Fsp3) is 0.435. The molecular weight excluding hydrogens is 419 g/mol. The van der Waals surface area contributed by atoms with Crippen LogP contribution in [0.5, 0.6) is 5.75 Å². The van der Waals surface area contributed by atoms with E-state index in [2.05, 4.69) is 5.32 Å². The minimum absolute atomic E-state index is 0.245. The number of carbonyl (C=O) groups excluding carboxylic acids is 1. The average Bonchev–Trinajstić information content (AvgIpc) is 2.66. The molecule has 2 aromatic carbocycles. The van der Waals surface area contributed by atoms with Crippen LogP contribution in [-0.4, -0.2) is 32.2 Å². The molecule has 0 spiro atoms. The summed E-state index contributed by atoms with van der Waals surface area (Å²) in [4.78, 5) is 13.3.